The molecule has 7 heteroatoms. The van der Waals surface area contributed by atoms with Gasteiger partial charge in [0.25, 0.3) is 0 Å². The Morgan fingerprint density at radius 2 is 1.75 bits per heavy atom. The highest BCUT2D eigenvalue weighted by atomic mass is 19.4. The van der Waals surface area contributed by atoms with Crippen LogP contribution in [0.1, 0.15) is 5.76 Å². The predicted octanol–water partition coefficient (Wildman–Crippen LogP) is 3.67. The minimum atomic E-state index is -4.38. The van der Waals surface area contributed by atoms with Crippen LogP contribution in [0.4, 0.5) is 17.6 Å². The van der Waals surface area contributed by atoms with Crippen molar-refractivity contribution in [2.75, 3.05) is 6.61 Å². The number of halogens is 4. The zero-order chi connectivity index (χ0) is 14.6. The molecule has 0 bridgehead atoms. The molecule has 0 amide bonds. The van der Waals surface area contributed by atoms with E-state index < -0.39 is 12.8 Å². The first-order valence-corrected chi connectivity index (χ1v) is 5.70. The van der Waals surface area contributed by atoms with Gasteiger partial charge in [0.1, 0.15) is 17.3 Å². The molecule has 0 aliphatic heterocycles. The summed E-state index contributed by atoms with van der Waals surface area (Å²) in [5.74, 6) is 0.548. The van der Waals surface area contributed by atoms with E-state index in [1.54, 1.807) is 24.3 Å². The third-order valence-electron chi connectivity index (χ3n) is 2.37. The Morgan fingerprint density at radius 1 is 1.05 bits per heavy atom. The Morgan fingerprint density at radius 3 is 2.40 bits per heavy atom. The third kappa shape index (κ3) is 4.36. The smallest absolute Gasteiger partial charge is 0.413 e. The molecule has 0 saturated heterocycles. The number of nitrogens with one attached hydrogen (secondary N) is 1. The number of benzene rings is 1. The molecule has 0 unspecified atom stereocenters. The SMILES string of the molecule is Fc1ccc(-c2ccc(CNOCC(F)(F)F)o2)cc1. The number of hydroxylamine groups is 1. The second-order valence-corrected chi connectivity index (χ2v) is 4.00. The van der Waals surface area contributed by atoms with Gasteiger partial charge >= 0.3 is 6.18 Å². The quantitative estimate of drug-likeness (QED) is 0.518. The van der Waals surface area contributed by atoms with Gasteiger partial charge in [-0.1, -0.05) is 0 Å². The number of alkyl halides is 3. The molecule has 0 saturated carbocycles. The highest BCUT2D eigenvalue weighted by molar-refractivity contribution is 5.57. The molecule has 108 valence electrons. The van der Waals surface area contributed by atoms with Crippen LogP contribution >= 0.6 is 0 Å². The Labute approximate surface area is 112 Å². The summed E-state index contributed by atoms with van der Waals surface area (Å²) >= 11 is 0. The van der Waals surface area contributed by atoms with Crippen LogP contribution in [0.15, 0.2) is 40.8 Å². The molecule has 0 fully saturated rings. The normalized spacial score (nSPS) is 11.8. The van der Waals surface area contributed by atoms with Gasteiger partial charge in [0.05, 0.1) is 6.54 Å². The van der Waals surface area contributed by atoms with Gasteiger partial charge in [-0.3, -0.25) is 4.84 Å². The van der Waals surface area contributed by atoms with E-state index in [2.05, 4.69) is 10.3 Å². The van der Waals surface area contributed by atoms with Crippen molar-refractivity contribution in [3.63, 3.8) is 0 Å². The highest BCUT2D eigenvalue weighted by Gasteiger charge is 2.27. The second kappa shape index (κ2) is 6.06. The summed E-state index contributed by atoms with van der Waals surface area (Å²) in [6.45, 7) is -1.38. The van der Waals surface area contributed by atoms with Crippen molar-refractivity contribution >= 4 is 0 Å². The number of hydrogen-bond acceptors (Lipinski definition) is 3. The van der Waals surface area contributed by atoms with Crippen molar-refractivity contribution in [1.82, 2.24) is 5.48 Å². The molecule has 0 spiro atoms. The molecule has 3 nitrogen and oxygen atoms in total. The van der Waals surface area contributed by atoms with Crippen molar-refractivity contribution in [2.24, 2.45) is 0 Å². The molecular weight excluding hydrogens is 278 g/mol. The number of furan rings is 1. The fraction of sp³-hybridized carbons (Fsp3) is 0.231. The molecule has 1 heterocycles. The van der Waals surface area contributed by atoms with Gasteiger partial charge in [0.15, 0.2) is 6.61 Å². The van der Waals surface area contributed by atoms with Gasteiger partial charge in [0, 0.05) is 5.56 Å². The lowest BCUT2D eigenvalue weighted by molar-refractivity contribution is -0.190. The molecule has 0 atom stereocenters. The molecule has 2 rings (SSSR count). The average Bonchev–Trinajstić information content (AvgIpc) is 2.83. The molecule has 1 N–H and O–H groups in total. The van der Waals surface area contributed by atoms with Crippen LogP contribution in [0, 0.1) is 5.82 Å². The molecule has 1 aromatic heterocycles. The second-order valence-electron chi connectivity index (χ2n) is 4.00. The minimum Gasteiger partial charge on any atom is -0.460 e. The van der Waals surface area contributed by atoms with Crippen LogP contribution < -0.4 is 5.48 Å². The summed E-state index contributed by atoms with van der Waals surface area (Å²) in [6.07, 6.45) is -4.38. The summed E-state index contributed by atoms with van der Waals surface area (Å²) in [6, 6.07) is 8.93. The lowest BCUT2D eigenvalue weighted by atomic mass is 10.2. The van der Waals surface area contributed by atoms with Crippen molar-refractivity contribution in [1.29, 1.82) is 0 Å². The summed E-state index contributed by atoms with van der Waals surface area (Å²) in [7, 11) is 0. The predicted molar refractivity (Wildman–Crippen MR) is 62.9 cm³/mol. The van der Waals surface area contributed by atoms with Crippen LogP contribution in [-0.4, -0.2) is 12.8 Å². The van der Waals surface area contributed by atoms with Crippen LogP contribution in [0.2, 0.25) is 0 Å². The van der Waals surface area contributed by atoms with E-state index >= 15 is 0 Å². The molecule has 1 aromatic carbocycles. The topological polar surface area (TPSA) is 34.4 Å². The van der Waals surface area contributed by atoms with E-state index in [0.717, 1.165) is 0 Å². The Kier molecular flexibility index (Phi) is 4.41. The van der Waals surface area contributed by atoms with Crippen LogP contribution in [0.3, 0.4) is 0 Å². The molecule has 20 heavy (non-hydrogen) atoms. The van der Waals surface area contributed by atoms with Crippen LogP contribution in [-0.2, 0) is 11.4 Å². The van der Waals surface area contributed by atoms with Gasteiger partial charge in [-0.05, 0) is 36.4 Å². The largest absolute Gasteiger partial charge is 0.460 e. The fourth-order valence-corrected chi connectivity index (χ4v) is 1.50. The highest BCUT2D eigenvalue weighted by Crippen LogP contribution is 2.22. The zero-order valence-electron chi connectivity index (χ0n) is 10.2. The average molecular weight is 289 g/mol. The Bertz CT molecular complexity index is 548. The summed E-state index contributed by atoms with van der Waals surface area (Å²) in [5.41, 5.74) is 2.83. The van der Waals surface area contributed by atoms with E-state index in [0.29, 0.717) is 17.1 Å². The first-order valence-electron chi connectivity index (χ1n) is 5.70. The van der Waals surface area contributed by atoms with E-state index in [-0.39, 0.29) is 12.4 Å². The molecule has 2 aromatic rings. The van der Waals surface area contributed by atoms with Gasteiger partial charge in [-0.2, -0.15) is 18.7 Å². The van der Waals surface area contributed by atoms with Crippen LogP contribution in [0.5, 0.6) is 0 Å². The van der Waals surface area contributed by atoms with Crippen molar-refractivity contribution in [3.05, 3.63) is 48.0 Å². The Hall–Kier alpha value is -1.86. The maximum absolute atomic E-state index is 12.8. The van der Waals surface area contributed by atoms with Gasteiger partial charge in [0.2, 0.25) is 0 Å². The molecular formula is C13H11F4NO2. The monoisotopic (exact) mass is 289 g/mol. The summed E-state index contributed by atoms with van der Waals surface area (Å²) in [4.78, 5) is 4.25. The first-order chi connectivity index (χ1) is 9.44. The molecule has 0 aliphatic rings. The van der Waals surface area contributed by atoms with Gasteiger partial charge in [-0.15, -0.1) is 0 Å². The lowest BCUT2D eigenvalue weighted by Crippen LogP contribution is -2.24. The standard InChI is InChI=1S/C13H11F4NO2/c14-10-3-1-9(2-4-10)12-6-5-11(20-12)7-18-19-8-13(15,16)17/h1-6,18H,7-8H2. The summed E-state index contributed by atoms with van der Waals surface area (Å²) in [5, 5.41) is 0. The van der Waals surface area contributed by atoms with Crippen molar-refractivity contribution in [2.45, 2.75) is 12.7 Å². The van der Waals surface area contributed by atoms with E-state index in [4.69, 9.17) is 4.42 Å². The molecule has 0 aliphatic carbocycles. The molecule has 0 radical (unpaired) electrons. The third-order valence-corrected chi connectivity index (χ3v) is 2.37. The van der Waals surface area contributed by atoms with E-state index in [9.17, 15) is 17.6 Å². The summed E-state index contributed by atoms with van der Waals surface area (Å²) < 4.78 is 53.6. The van der Waals surface area contributed by atoms with Crippen molar-refractivity contribution in [3.8, 4) is 11.3 Å². The number of hydrogen-bond donors (Lipinski definition) is 1. The van der Waals surface area contributed by atoms with Crippen molar-refractivity contribution < 1.29 is 26.8 Å². The first kappa shape index (κ1) is 14.5. The maximum atomic E-state index is 12.8. The van der Waals surface area contributed by atoms with Gasteiger partial charge < -0.3 is 4.42 Å². The lowest BCUT2D eigenvalue weighted by Gasteiger charge is -2.07. The maximum Gasteiger partial charge on any atom is 0.413 e. The minimum absolute atomic E-state index is 0.00270. The zero-order valence-corrected chi connectivity index (χ0v) is 10.2. The van der Waals surface area contributed by atoms with E-state index in [1.807, 2.05) is 0 Å². The van der Waals surface area contributed by atoms with E-state index in [1.165, 1.54) is 12.1 Å². The fourth-order valence-electron chi connectivity index (χ4n) is 1.50. The Balaban J connectivity index is 1.88. The van der Waals surface area contributed by atoms with Gasteiger partial charge in [-0.25, -0.2) is 4.39 Å². The number of rotatable bonds is 5. The van der Waals surface area contributed by atoms with Crippen LogP contribution in [0.25, 0.3) is 11.3 Å².